The largest absolute Gasteiger partial charge is 0.466 e. The summed E-state index contributed by atoms with van der Waals surface area (Å²) in [5, 5.41) is 5.15. The molecule has 1 fully saturated rings. The number of carbonyl (C=O) groups is 3. The minimum absolute atomic E-state index is 0.219. The maximum atomic E-state index is 12.8. The number of hydrogen-bond donors (Lipinski definition) is 1. The van der Waals surface area contributed by atoms with Crippen LogP contribution in [0.2, 0.25) is 10.0 Å². The second-order valence-electron chi connectivity index (χ2n) is 6.46. The zero-order chi connectivity index (χ0) is 21.0. The Bertz CT molecular complexity index is 934. The van der Waals surface area contributed by atoms with E-state index in [9.17, 15) is 14.4 Å². The summed E-state index contributed by atoms with van der Waals surface area (Å²) in [5.74, 6) is -1.32. The highest BCUT2D eigenvalue weighted by atomic mass is 35.5. The number of thiazole rings is 1. The molecule has 154 valence electrons. The Hall–Kier alpha value is -2.16. The fraction of sp³-hybridized carbons (Fsp3) is 0.368. The molecule has 0 bridgehead atoms. The Morgan fingerprint density at radius 1 is 1.34 bits per heavy atom. The summed E-state index contributed by atoms with van der Waals surface area (Å²) in [6, 6.07) is 4.56. The van der Waals surface area contributed by atoms with Gasteiger partial charge in [0.25, 0.3) is 11.8 Å². The van der Waals surface area contributed by atoms with E-state index in [1.165, 1.54) is 12.1 Å². The third-order valence-corrected chi connectivity index (χ3v) is 5.75. The SMILES string of the molecule is CCOC(=O)C1CCCN(C(=O)c2csc(NC(=O)c3ccc(Cl)cc3Cl)n2)C1. The lowest BCUT2D eigenvalue weighted by Gasteiger charge is -2.31. The molecule has 0 spiro atoms. The fourth-order valence-electron chi connectivity index (χ4n) is 3.04. The van der Waals surface area contributed by atoms with E-state index in [1.54, 1.807) is 23.3 Å². The van der Waals surface area contributed by atoms with E-state index in [0.717, 1.165) is 17.8 Å². The van der Waals surface area contributed by atoms with Crippen molar-refractivity contribution in [3.8, 4) is 0 Å². The smallest absolute Gasteiger partial charge is 0.310 e. The van der Waals surface area contributed by atoms with E-state index in [1.807, 2.05) is 0 Å². The Balaban J connectivity index is 1.65. The van der Waals surface area contributed by atoms with Crippen molar-refractivity contribution >= 4 is 57.5 Å². The Morgan fingerprint density at radius 3 is 2.86 bits per heavy atom. The molecule has 1 atom stereocenters. The highest BCUT2D eigenvalue weighted by Crippen LogP contribution is 2.25. The summed E-state index contributed by atoms with van der Waals surface area (Å²) in [7, 11) is 0. The third-order valence-electron chi connectivity index (χ3n) is 4.45. The Labute approximate surface area is 182 Å². The molecule has 1 N–H and O–H groups in total. The van der Waals surface area contributed by atoms with Gasteiger partial charge < -0.3 is 9.64 Å². The summed E-state index contributed by atoms with van der Waals surface area (Å²) in [6.45, 7) is 2.92. The molecule has 1 aliphatic heterocycles. The summed E-state index contributed by atoms with van der Waals surface area (Å²) in [5.41, 5.74) is 0.476. The second-order valence-corrected chi connectivity index (χ2v) is 8.16. The maximum Gasteiger partial charge on any atom is 0.310 e. The Morgan fingerprint density at radius 2 is 2.14 bits per heavy atom. The number of ether oxygens (including phenoxy) is 1. The average Bonchev–Trinajstić information content (AvgIpc) is 3.16. The predicted molar refractivity (Wildman–Crippen MR) is 112 cm³/mol. The highest BCUT2D eigenvalue weighted by molar-refractivity contribution is 7.14. The molecular formula is C19H19Cl2N3O4S. The molecule has 1 aromatic carbocycles. The number of anilines is 1. The second kappa shape index (κ2) is 9.56. The van der Waals surface area contributed by atoms with Gasteiger partial charge in [0.2, 0.25) is 0 Å². The number of rotatable bonds is 5. The first-order valence-electron chi connectivity index (χ1n) is 9.07. The van der Waals surface area contributed by atoms with E-state index < -0.39 is 5.91 Å². The third kappa shape index (κ3) is 5.26. The molecule has 29 heavy (non-hydrogen) atoms. The van der Waals surface area contributed by atoms with Gasteiger partial charge >= 0.3 is 5.97 Å². The summed E-state index contributed by atoms with van der Waals surface area (Å²) in [6.07, 6.45) is 1.42. The first kappa shape index (κ1) is 21.5. The molecule has 2 heterocycles. The number of likely N-dealkylation sites (tertiary alicyclic amines) is 1. The number of amides is 2. The minimum Gasteiger partial charge on any atom is -0.466 e. The standard InChI is InChI=1S/C19H19Cl2N3O4S/c1-2-28-18(27)11-4-3-7-24(9-11)17(26)15-10-29-19(22-15)23-16(25)13-6-5-12(20)8-14(13)21/h5-6,8,10-11H,2-4,7,9H2,1H3,(H,22,23,25). The summed E-state index contributed by atoms with van der Waals surface area (Å²) in [4.78, 5) is 42.9. The van der Waals surface area contributed by atoms with E-state index >= 15 is 0 Å². The van der Waals surface area contributed by atoms with E-state index in [2.05, 4.69) is 10.3 Å². The van der Waals surface area contributed by atoms with Gasteiger partial charge in [0.05, 0.1) is 23.1 Å². The zero-order valence-corrected chi connectivity index (χ0v) is 17.9. The quantitative estimate of drug-likeness (QED) is 0.684. The van der Waals surface area contributed by atoms with Gasteiger partial charge in [-0.2, -0.15) is 0 Å². The number of nitrogens with one attached hydrogen (secondary N) is 1. The van der Waals surface area contributed by atoms with Gasteiger partial charge in [-0.1, -0.05) is 23.2 Å². The van der Waals surface area contributed by atoms with Crippen LogP contribution in [0.15, 0.2) is 23.6 Å². The van der Waals surface area contributed by atoms with Crippen LogP contribution in [0, 0.1) is 5.92 Å². The van der Waals surface area contributed by atoms with Gasteiger partial charge in [-0.3, -0.25) is 19.7 Å². The van der Waals surface area contributed by atoms with Gasteiger partial charge in [0.15, 0.2) is 5.13 Å². The number of esters is 1. The molecular weight excluding hydrogens is 437 g/mol. The molecule has 1 unspecified atom stereocenters. The molecule has 3 rings (SSSR count). The normalized spacial score (nSPS) is 16.4. The van der Waals surface area contributed by atoms with Gasteiger partial charge in [-0.05, 0) is 38.0 Å². The Kier molecular flexibility index (Phi) is 7.10. The maximum absolute atomic E-state index is 12.8. The lowest BCUT2D eigenvalue weighted by atomic mass is 9.98. The van der Waals surface area contributed by atoms with Crippen LogP contribution in [-0.4, -0.2) is 47.4 Å². The molecule has 1 aromatic heterocycles. The van der Waals surface area contributed by atoms with Crippen LogP contribution in [0.5, 0.6) is 0 Å². The van der Waals surface area contributed by atoms with Crippen molar-refractivity contribution in [3.05, 3.63) is 44.9 Å². The predicted octanol–water partition coefficient (Wildman–Crippen LogP) is 4.12. The zero-order valence-electron chi connectivity index (χ0n) is 15.6. The first-order valence-corrected chi connectivity index (χ1v) is 10.7. The number of hydrogen-bond acceptors (Lipinski definition) is 6. The van der Waals surface area contributed by atoms with Crippen LogP contribution in [-0.2, 0) is 9.53 Å². The van der Waals surface area contributed by atoms with Crippen molar-refractivity contribution < 1.29 is 19.1 Å². The van der Waals surface area contributed by atoms with Gasteiger partial charge in [0, 0.05) is 23.5 Å². The van der Waals surface area contributed by atoms with Crippen LogP contribution in [0.4, 0.5) is 5.13 Å². The molecule has 1 saturated heterocycles. The number of carbonyl (C=O) groups excluding carboxylic acids is 3. The van der Waals surface area contributed by atoms with E-state index in [-0.39, 0.29) is 39.2 Å². The number of nitrogens with zero attached hydrogens (tertiary/aromatic N) is 2. The number of halogens is 2. The van der Waals surface area contributed by atoms with Crippen molar-refractivity contribution in [2.24, 2.45) is 5.92 Å². The van der Waals surface area contributed by atoms with Crippen molar-refractivity contribution in [2.75, 3.05) is 25.0 Å². The fourth-order valence-corrected chi connectivity index (χ4v) is 4.22. The lowest BCUT2D eigenvalue weighted by molar-refractivity contribution is -0.149. The summed E-state index contributed by atoms with van der Waals surface area (Å²) >= 11 is 13.0. The molecule has 0 aliphatic carbocycles. The topological polar surface area (TPSA) is 88.6 Å². The van der Waals surface area contributed by atoms with Gasteiger partial charge in [-0.15, -0.1) is 11.3 Å². The van der Waals surface area contributed by atoms with Crippen LogP contribution in [0.3, 0.4) is 0 Å². The van der Waals surface area contributed by atoms with Crippen molar-refractivity contribution in [2.45, 2.75) is 19.8 Å². The molecule has 2 aromatic rings. The van der Waals surface area contributed by atoms with Crippen molar-refractivity contribution in [1.82, 2.24) is 9.88 Å². The number of aromatic nitrogens is 1. The average molecular weight is 456 g/mol. The molecule has 7 nitrogen and oxygen atoms in total. The molecule has 0 saturated carbocycles. The molecule has 0 radical (unpaired) electrons. The summed E-state index contributed by atoms with van der Waals surface area (Å²) < 4.78 is 5.07. The van der Waals surface area contributed by atoms with Gasteiger partial charge in [-0.25, -0.2) is 4.98 Å². The first-order chi connectivity index (χ1) is 13.9. The van der Waals surface area contributed by atoms with Crippen molar-refractivity contribution in [1.29, 1.82) is 0 Å². The molecule has 10 heteroatoms. The number of benzene rings is 1. The molecule has 2 amide bonds. The lowest BCUT2D eigenvalue weighted by Crippen LogP contribution is -2.43. The van der Waals surface area contributed by atoms with Crippen LogP contribution >= 0.6 is 34.5 Å². The minimum atomic E-state index is -0.444. The number of piperidine rings is 1. The van der Waals surface area contributed by atoms with Crippen LogP contribution in [0.1, 0.15) is 40.6 Å². The van der Waals surface area contributed by atoms with E-state index in [0.29, 0.717) is 31.1 Å². The van der Waals surface area contributed by atoms with Crippen LogP contribution in [0.25, 0.3) is 0 Å². The van der Waals surface area contributed by atoms with Crippen molar-refractivity contribution in [3.63, 3.8) is 0 Å². The monoisotopic (exact) mass is 455 g/mol. The molecule has 1 aliphatic rings. The van der Waals surface area contributed by atoms with E-state index in [4.69, 9.17) is 27.9 Å². The highest BCUT2D eigenvalue weighted by Gasteiger charge is 2.30. The van der Waals surface area contributed by atoms with Crippen LogP contribution < -0.4 is 5.32 Å². The van der Waals surface area contributed by atoms with Gasteiger partial charge in [0.1, 0.15) is 5.69 Å².